The van der Waals surface area contributed by atoms with Crippen LogP contribution in [0, 0.1) is 5.41 Å². The van der Waals surface area contributed by atoms with Crippen LogP contribution in [0.3, 0.4) is 0 Å². The highest BCUT2D eigenvalue weighted by Gasteiger charge is 2.50. The number of phenolic OH excluding ortho intramolecular Hbond substituents is 2. The van der Waals surface area contributed by atoms with Crippen molar-refractivity contribution < 1.29 is 83.5 Å². The van der Waals surface area contributed by atoms with Crippen LogP contribution < -0.4 is 14.9 Å². The number of benzene rings is 2. The van der Waals surface area contributed by atoms with Gasteiger partial charge in [0.15, 0.2) is 17.9 Å². The van der Waals surface area contributed by atoms with Gasteiger partial charge in [0.05, 0.1) is 47.5 Å². The first-order valence-electron chi connectivity index (χ1n) is 19.6. The van der Waals surface area contributed by atoms with Gasteiger partial charge in [0.1, 0.15) is 41.7 Å². The number of phenols is 2. The summed E-state index contributed by atoms with van der Waals surface area (Å²) in [5.41, 5.74) is -5.29. The first-order valence-corrected chi connectivity index (χ1v) is 19.6. The molecule has 2 aromatic carbocycles. The molecule has 19 heteroatoms. The molecule has 3 aliphatic carbocycles. The molecule has 4 aliphatic rings. The van der Waals surface area contributed by atoms with Gasteiger partial charge in [0.25, 0.3) is 0 Å². The molecule has 8 atom stereocenters. The third kappa shape index (κ3) is 7.78. The van der Waals surface area contributed by atoms with Crippen LogP contribution in [0.2, 0.25) is 0 Å². The number of ketones is 3. The van der Waals surface area contributed by atoms with E-state index in [9.17, 15) is 59.7 Å². The number of methoxy groups -OCH3 is 1. The molecule has 1 amide bonds. The Morgan fingerprint density at radius 2 is 1.70 bits per heavy atom. The Bertz CT molecular complexity index is 2300. The number of aliphatic hydroxyl groups is 3. The number of Topliss-reactive ketones (excluding diaryl/α,β-unsaturated/α-hetero) is 1. The van der Waals surface area contributed by atoms with Crippen LogP contribution in [-0.4, -0.2) is 120 Å². The first kappa shape index (κ1) is 43.1. The van der Waals surface area contributed by atoms with Gasteiger partial charge in [-0.05, 0) is 51.7 Å². The van der Waals surface area contributed by atoms with Gasteiger partial charge in [-0.2, -0.15) is 0 Å². The monoisotopic (exact) mass is 850 g/mol. The first-order chi connectivity index (χ1) is 28.9. The molecule has 1 unspecified atom stereocenters. The summed E-state index contributed by atoms with van der Waals surface area (Å²) in [7, 11) is 1.29. The van der Waals surface area contributed by atoms with Crippen LogP contribution >= 0.6 is 0 Å². The Kier molecular flexibility index (Phi) is 11.6. The minimum atomic E-state index is -2.38. The van der Waals surface area contributed by atoms with Gasteiger partial charge < -0.3 is 64.8 Å². The lowest BCUT2D eigenvalue weighted by atomic mass is 9.72. The average Bonchev–Trinajstić information content (AvgIpc) is 3.53. The molecule has 0 radical (unpaired) electrons. The molecule has 0 bridgehead atoms. The zero-order valence-electron chi connectivity index (χ0n) is 33.3. The summed E-state index contributed by atoms with van der Waals surface area (Å²) in [5.74, 6) is -5.84. The Morgan fingerprint density at radius 3 is 2.39 bits per heavy atom. The predicted molar refractivity (Wildman–Crippen MR) is 206 cm³/mol. The summed E-state index contributed by atoms with van der Waals surface area (Å²) >= 11 is 0. The Balaban J connectivity index is 1.09. The largest absolute Gasteiger partial charge is 0.507 e. The minimum absolute atomic E-state index is 0.0404. The van der Waals surface area contributed by atoms with Crippen molar-refractivity contribution in [3.8, 4) is 29.0 Å². The van der Waals surface area contributed by atoms with Gasteiger partial charge in [-0.25, -0.2) is 9.59 Å². The third-order valence-electron chi connectivity index (χ3n) is 11.9. The van der Waals surface area contributed by atoms with Gasteiger partial charge in [0.2, 0.25) is 17.5 Å². The molecule has 8 N–H and O–H groups in total. The maximum atomic E-state index is 14.0. The second-order valence-corrected chi connectivity index (χ2v) is 16.0. The van der Waals surface area contributed by atoms with Gasteiger partial charge in [0, 0.05) is 48.1 Å². The number of aromatic nitrogens is 1. The second kappa shape index (κ2) is 16.5. The maximum Gasteiger partial charge on any atom is 0.408 e. The van der Waals surface area contributed by atoms with Crippen molar-refractivity contribution >= 4 is 29.4 Å². The molecule has 1 fully saturated rings. The zero-order chi connectivity index (χ0) is 44.1. The van der Waals surface area contributed by atoms with Crippen molar-refractivity contribution in [3.05, 3.63) is 75.9 Å². The number of amides is 1. The molecule has 1 aliphatic heterocycles. The number of hydrogen-bond acceptors (Lipinski definition) is 17. The summed E-state index contributed by atoms with van der Waals surface area (Å²) < 4.78 is 23.8. The SMILES string of the molecule is COc1cccc2c1C(=O)c1c(O)c3c(c(O)c1C2=O)C[C@@](O)(C(=O)CO)C[C@@H]3O[C@H]1C[C@@H](NC(=O)O[C@H]2C=CC[C@@](C)(C(=O)On3c(O)ccc3O)CCC2)[C@H](O)C(C)O1. The van der Waals surface area contributed by atoms with Crippen molar-refractivity contribution in [1.29, 1.82) is 0 Å². The van der Waals surface area contributed by atoms with E-state index >= 15 is 0 Å². The van der Waals surface area contributed by atoms with Crippen LogP contribution in [0.5, 0.6) is 29.0 Å². The van der Waals surface area contributed by atoms with E-state index in [1.165, 1.54) is 32.2 Å². The van der Waals surface area contributed by atoms with E-state index in [1.54, 1.807) is 19.1 Å². The molecule has 326 valence electrons. The molecular formula is C42H46N2O17. The molecular weight excluding hydrogens is 804 g/mol. The second-order valence-electron chi connectivity index (χ2n) is 16.0. The molecule has 19 nitrogen and oxygen atoms in total. The lowest BCUT2D eigenvalue weighted by Crippen LogP contribution is -2.56. The number of hydrogen-bond donors (Lipinski definition) is 8. The smallest absolute Gasteiger partial charge is 0.408 e. The molecule has 1 aromatic heterocycles. The van der Waals surface area contributed by atoms with Crippen molar-refractivity contribution in [2.45, 2.75) is 101 Å². The number of carbonyl (C=O) groups excluding carboxylic acids is 5. The molecule has 0 spiro atoms. The summed E-state index contributed by atoms with van der Waals surface area (Å²) in [6.07, 6.45) is -3.84. The van der Waals surface area contributed by atoms with E-state index in [4.69, 9.17) is 23.8 Å². The van der Waals surface area contributed by atoms with Crippen LogP contribution in [0.15, 0.2) is 42.5 Å². The van der Waals surface area contributed by atoms with Crippen molar-refractivity contribution in [2.75, 3.05) is 13.7 Å². The number of nitrogens with one attached hydrogen (secondary N) is 1. The van der Waals surface area contributed by atoms with Crippen molar-refractivity contribution in [3.63, 3.8) is 0 Å². The number of nitrogens with zero attached hydrogens (tertiary/aromatic N) is 1. The highest BCUT2D eigenvalue weighted by atomic mass is 16.7. The summed E-state index contributed by atoms with van der Waals surface area (Å²) in [6, 6.07) is 5.54. The van der Waals surface area contributed by atoms with E-state index < -0.39 is 131 Å². The fraction of sp³-hybridized carbons (Fsp3) is 0.452. The molecule has 3 aromatic rings. The van der Waals surface area contributed by atoms with Crippen molar-refractivity contribution in [1.82, 2.24) is 10.0 Å². The Labute approximate surface area is 347 Å². The Hall–Kier alpha value is -5.99. The molecule has 0 saturated carbocycles. The minimum Gasteiger partial charge on any atom is -0.507 e. The van der Waals surface area contributed by atoms with Crippen molar-refractivity contribution in [2.24, 2.45) is 5.41 Å². The number of allylic oxidation sites excluding steroid dienone is 1. The van der Waals surface area contributed by atoms with Gasteiger partial charge in [-0.1, -0.05) is 18.2 Å². The molecule has 1 saturated heterocycles. The number of ether oxygens (including phenoxy) is 4. The van der Waals surface area contributed by atoms with E-state index in [0.29, 0.717) is 24.0 Å². The molecule has 2 heterocycles. The van der Waals surface area contributed by atoms with Crippen LogP contribution in [0.25, 0.3) is 0 Å². The summed E-state index contributed by atoms with van der Waals surface area (Å²) in [5, 5.41) is 78.2. The van der Waals surface area contributed by atoms with Gasteiger partial charge >= 0.3 is 12.1 Å². The van der Waals surface area contributed by atoms with Gasteiger partial charge in [-0.15, -0.1) is 4.73 Å². The van der Waals surface area contributed by atoms with E-state index in [-0.39, 0.29) is 40.8 Å². The summed E-state index contributed by atoms with van der Waals surface area (Å²) in [6.45, 7) is 2.06. The van der Waals surface area contributed by atoms with E-state index in [1.807, 2.05) is 0 Å². The number of rotatable bonds is 9. The highest BCUT2D eigenvalue weighted by molar-refractivity contribution is 6.31. The van der Waals surface area contributed by atoms with Gasteiger partial charge in [-0.3, -0.25) is 14.4 Å². The lowest BCUT2D eigenvalue weighted by molar-refractivity contribution is -0.249. The highest BCUT2D eigenvalue weighted by Crippen LogP contribution is 2.52. The van der Waals surface area contributed by atoms with Crippen LogP contribution in [0.4, 0.5) is 4.79 Å². The lowest BCUT2D eigenvalue weighted by Gasteiger charge is -2.42. The topological polar surface area (TPSA) is 290 Å². The fourth-order valence-corrected chi connectivity index (χ4v) is 8.53. The number of alkyl carbamates (subject to hydrolysis) is 1. The van der Waals surface area contributed by atoms with E-state index in [0.717, 1.165) is 12.1 Å². The Morgan fingerprint density at radius 1 is 1.00 bits per heavy atom. The molecule has 61 heavy (non-hydrogen) atoms. The summed E-state index contributed by atoms with van der Waals surface area (Å²) in [4.78, 5) is 72.3. The zero-order valence-corrected chi connectivity index (χ0v) is 33.3. The number of carbonyl (C=O) groups is 5. The third-order valence-corrected chi connectivity index (χ3v) is 11.9. The normalized spacial score (nSPS) is 28.4. The van der Waals surface area contributed by atoms with Crippen LogP contribution in [-0.2, 0) is 30.2 Å². The van der Waals surface area contributed by atoms with Crippen LogP contribution in [0.1, 0.15) is 101 Å². The number of aliphatic hydroxyl groups excluding tert-OH is 2. The number of aromatic hydroxyl groups is 4. The quantitative estimate of drug-likeness (QED) is 0.0884. The average molecular weight is 851 g/mol. The number of fused-ring (bicyclic) bond motifs is 3. The van der Waals surface area contributed by atoms with E-state index in [2.05, 4.69) is 5.32 Å². The predicted octanol–water partition coefficient (Wildman–Crippen LogP) is 2.14. The maximum absolute atomic E-state index is 14.0. The standard InChI is InChI=1S/C42H46N2O17/c1-19-34(49)23(43-40(55)59-20-7-5-13-41(2,14-6-8-20)39(54)61-44-27(47)11-12-28(44)48)15-29(58-19)60-25-17-42(56,26(46)18-45)16-22-31(25)38(53)33-32(36(22)51)35(50)21-9-4-10-24(57-3)30(21)37(33)52/h4-5,7,9-12,19-20,23,25,29,34,45,47-49,51,53,56H,6,8,13-18H2,1-3H3,(H,43,55)/t19?,20-,23+,25-,29-,34+,41+,42-/m0/s1. The molecule has 7 rings (SSSR count). The fourth-order valence-electron chi connectivity index (χ4n) is 8.53.